The number of fused-ring (bicyclic) bond motifs is 2. The lowest BCUT2D eigenvalue weighted by molar-refractivity contribution is -0.133. The average molecular weight is 339 g/mol. The van der Waals surface area contributed by atoms with Crippen molar-refractivity contribution in [3.05, 3.63) is 53.1 Å². The number of carbonyl (C=O) groups is 2. The molecule has 6 nitrogen and oxygen atoms in total. The molecule has 0 unspecified atom stereocenters. The molecule has 0 fully saturated rings. The molecule has 0 aliphatic carbocycles. The molecular formula is C19H17NO5. The molecule has 0 radical (unpaired) electrons. The normalized spacial score (nSPS) is 20.3. The number of aliphatic hydroxyl groups is 1. The molecule has 0 bridgehead atoms. The molecule has 4 rings (SSSR count). The van der Waals surface area contributed by atoms with Crippen LogP contribution in [0, 0.1) is 0 Å². The summed E-state index contributed by atoms with van der Waals surface area (Å²) >= 11 is 0. The molecule has 2 aliphatic rings. The van der Waals surface area contributed by atoms with Crippen molar-refractivity contribution >= 4 is 17.4 Å². The lowest BCUT2D eigenvalue weighted by Gasteiger charge is -2.20. The van der Waals surface area contributed by atoms with Gasteiger partial charge in [0, 0.05) is 16.8 Å². The number of hydrogen-bond acceptors (Lipinski definition) is 5. The van der Waals surface area contributed by atoms with E-state index in [9.17, 15) is 14.7 Å². The van der Waals surface area contributed by atoms with Gasteiger partial charge in [-0.25, -0.2) is 0 Å². The Morgan fingerprint density at radius 1 is 1.20 bits per heavy atom. The summed E-state index contributed by atoms with van der Waals surface area (Å²) in [6.07, 6.45) is 0.437. The van der Waals surface area contributed by atoms with Gasteiger partial charge in [0.2, 0.25) is 6.79 Å². The van der Waals surface area contributed by atoms with Gasteiger partial charge < -0.3 is 19.9 Å². The van der Waals surface area contributed by atoms with Gasteiger partial charge in [-0.15, -0.1) is 0 Å². The molecule has 0 saturated carbocycles. The molecule has 2 N–H and O–H groups in total. The average Bonchev–Trinajstić information content (AvgIpc) is 3.17. The number of hydrogen-bond donors (Lipinski definition) is 2. The third kappa shape index (κ3) is 2.46. The first-order chi connectivity index (χ1) is 12.0. The number of benzene rings is 2. The molecule has 2 aliphatic heterocycles. The van der Waals surface area contributed by atoms with Crippen molar-refractivity contribution in [3.63, 3.8) is 0 Å². The molecule has 25 heavy (non-hydrogen) atoms. The molecule has 2 aromatic rings. The quantitative estimate of drug-likeness (QED) is 0.836. The Kier molecular flexibility index (Phi) is 3.51. The maximum atomic E-state index is 12.7. The minimum Gasteiger partial charge on any atom is -0.454 e. The highest BCUT2D eigenvalue weighted by Crippen LogP contribution is 2.40. The zero-order valence-corrected chi connectivity index (χ0v) is 13.7. The molecule has 1 amide bonds. The number of nitrogens with one attached hydrogen (secondary N) is 1. The van der Waals surface area contributed by atoms with Crippen LogP contribution < -0.4 is 14.8 Å². The summed E-state index contributed by atoms with van der Waals surface area (Å²) in [6, 6.07) is 10.3. The van der Waals surface area contributed by atoms with E-state index < -0.39 is 11.5 Å². The molecular weight excluding hydrogens is 322 g/mol. The SMILES string of the molecule is CCc1ccc2c(c1)[C@](O)(CC(=O)c1ccc3c(c1)OCO3)C(=O)N2. The first-order valence-electron chi connectivity index (χ1n) is 8.11. The van der Waals surface area contributed by atoms with Crippen LogP contribution in [0.25, 0.3) is 0 Å². The number of aryl methyl sites for hydroxylation is 1. The lowest BCUT2D eigenvalue weighted by Crippen LogP contribution is -2.36. The zero-order chi connectivity index (χ0) is 17.6. The van der Waals surface area contributed by atoms with Crippen LogP contribution in [-0.2, 0) is 16.8 Å². The van der Waals surface area contributed by atoms with E-state index in [1.165, 1.54) is 0 Å². The number of amides is 1. The highest BCUT2D eigenvalue weighted by atomic mass is 16.7. The topological polar surface area (TPSA) is 84.9 Å². The van der Waals surface area contributed by atoms with Crippen LogP contribution in [0.3, 0.4) is 0 Å². The van der Waals surface area contributed by atoms with Crippen LogP contribution in [0.5, 0.6) is 11.5 Å². The van der Waals surface area contributed by atoms with Crippen molar-refractivity contribution in [2.75, 3.05) is 12.1 Å². The second kappa shape index (κ2) is 5.60. The highest BCUT2D eigenvalue weighted by Gasteiger charge is 2.47. The fourth-order valence-electron chi connectivity index (χ4n) is 3.19. The minimum atomic E-state index is -1.87. The van der Waals surface area contributed by atoms with Crippen molar-refractivity contribution in [3.8, 4) is 11.5 Å². The van der Waals surface area contributed by atoms with Crippen molar-refractivity contribution in [1.29, 1.82) is 0 Å². The Labute approximate surface area is 144 Å². The lowest BCUT2D eigenvalue weighted by atomic mass is 9.87. The smallest absolute Gasteiger partial charge is 0.261 e. The first-order valence-corrected chi connectivity index (χ1v) is 8.11. The fraction of sp³-hybridized carbons (Fsp3) is 0.263. The summed E-state index contributed by atoms with van der Waals surface area (Å²) in [4.78, 5) is 25.0. The number of Topliss-reactive ketones (excluding diaryl/α,β-unsaturated/α-hetero) is 1. The van der Waals surface area contributed by atoms with Gasteiger partial charge in [0.1, 0.15) is 0 Å². The summed E-state index contributed by atoms with van der Waals surface area (Å²) in [5.74, 6) is 0.143. The number of rotatable bonds is 4. The summed E-state index contributed by atoms with van der Waals surface area (Å²) in [5.41, 5.74) is 0.484. The molecule has 2 heterocycles. The Morgan fingerprint density at radius 3 is 2.80 bits per heavy atom. The van der Waals surface area contributed by atoms with E-state index in [0.717, 1.165) is 12.0 Å². The Hall–Kier alpha value is -2.86. The third-order valence-electron chi connectivity index (χ3n) is 4.67. The largest absolute Gasteiger partial charge is 0.454 e. The van der Waals surface area contributed by atoms with Crippen LogP contribution in [0.15, 0.2) is 36.4 Å². The second-order valence-electron chi connectivity index (χ2n) is 6.22. The van der Waals surface area contributed by atoms with Crippen LogP contribution in [0.4, 0.5) is 5.69 Å². The minimum absolute atomic E-state index is 0.118. The van der Waals surface area contributed by atoms with E-state index in [0.29, 0.717) is 28.3 Å². The third-order valence-corrected chi connectivity index (χ3v) is 4.67. The molecule has 0 saturated heterocycles. The highest BCUT2D eigenvalue weighted by molar-refractivity contribution is 6.09. The fourth-order valence-corrected chi connectivity index (χ4v) is 3.19. The van der Waals surface area contributed by atoms with Gasteiger partial charge in [-0.1, -0.05) is 19.1 Å². The van der Waals surface area contributed by atoms with E-state index in [-0.39, 0.29) is 19.0 Å². The Balaban J connectivity index is 1.66. The Bertz CT molecular complexity index is 891. The summed E-state index contributed by atoms with van der Waals surface area (Å²) in [6.45, 7) is 2.11. The van der Waals surface area contributed by atoms with Crippen LogP contribution in [0.2, 0.25) is 0 Å². The second-order valence-corrected chi connectivity index (χ2v) is 6.22. The van der Waals surface area contributed by atoms with Crippen molar-refractivity contribution in [2.45, 2.75) is 25.4 Å². The van der Waals surface area contributed by atoms with E-state index >= 15 is 0 Å². The van der Waals surface area contributed by atoms with Gasteiger partial charge in [-0.05, 0) is 36.2 Å². The molecule has 6 heteroatoms. The van der Waals surface area contributed by atoms with Crippen molar-refractivity contribution in [1.82, 2.24) is 0 Å². The number of ketones is 1. The molecule has 0 aromatic heterocycles. The summed E-state index contributed by atoms with van der Waals surface area (Å²) < 4.78 is 10.5. The monoisotopic (exact) mass is 339 g/mol. The predicted molar refractivity (Wildman–Crippen MR) is 89.9 cm³/mol. The zero-order valence-electron chi connectivity index (χ0n) is 13.7. The summed E-state index contributed by atoms with van der Waals surface area (Å²) in [7, 11) is 0. The first kappa shape index (κ1) is 15.7. The molecule has 0 spiro atoms. The van der Waals surface area contributed by atoms with Gasteiger partial charge in [0.25, 0.3) is 5.91 Å². The van der Waals surface area contributed by atoms with Gasteiger partial charge in [0.05, 0.1) is 6.42 Å². The summed E-state index contributed by atoms with van der Waals surface area (Å²) in [5, 5.41) is 13.6. The molecule has 1 atom stereocenters. The van der Waals surface area contributed by atoms with E-state index in [1.54, 1.807) is 30.3 Å². The molecule has 128 valence electrons. The van der Waals surface area contributed by atoms with Gasteiger partial charge >= 0.3 is 0 Å². The van der Waals surface area contributed by atoms with Crippen molar-refractivity contribution in [2.24, 2.45) is 0 Å². The van der Waals surface area contributed by atoms with E-state index in [1.807, 2.05) is 13.0 Å². The van der Waals surface area contributed by atoms with Crippen LogP contribution in [-0.4, -0.2) is 23.6 Å². The molecule has 2 aromatic carbocycles. The Morgan fingerprint density at radius 2 is 2.00 bits per heavy atom. The van der Waals surface area contributed by atoms with Crippen LogP contribution in [0.1, 0.15) is 34.8 Å². The van der Waals surface area contributed by atoms with Gasteiger partial charge in [-0.2, -0.15) is 0 Å². The maximum absolute atomic E-state index is 12.7. The van der Waals surface area contributed by atoms with E-state index in [4.69, 9.17) is 9.47 Å². The number of anilines is 1. The standard InChI is InChI=1S/C19H17NO5/c1-2-11-3-5-14-13(7-11)19(23,18(22)20-14)9-15(21)12-4-6-16-17(8-12)25-10-24-16/h3-8,23H,2,9-10H2,1H3,(H,20,22)/t19-/m1/s1. The number of ether oxygens (including phenoxy) is 2. The maximum Gasteiger partial charge on any atom is 0.261 e. The van der Waals surface area contributed by atoms with Gasteiger partial charge in [0.15, 0.2) is 22.9 Å². The van der Waals surface area contributed by atoms with Crippen molar-refractivity contribution < 1.29 is 24.2 Å². The predicted octanol–water partition coefficient (Wildman–Crippen LogP) is 2.39. The van der Waals surface area contributed by atoms with Gasteiger partial charge in [-0.3, -0.25) is 9.59 Å². The van der Waals surface area contributed by atoms with Crippen LogP contribution >= 0.6 is 0 Å². The van der Waals surface area contributed by atoms with E-state index in [2.05, 4.69) is 5.32 Å². The number of carbonyl (C=O) groups excluding carboxylic acids is 2.